The van der Waals surface area contributed by atoms with E-state index in [1.165, 1.54) is 0 Å². The predicted molar refractivity (Wildman–Crippen MR) is 109 cm³/mol. The molecule has 29 heavy (non-hydrogen) atoms. The first-order valence-corrected chi connectivity index (χ1v) is 9.65. The summed E-state index contributed by atoms with van der Waals surface area (Å²) in [5, 5.41) is 5.27. The van der Waals surface area contributed by atoms with Gasteiger partial charge >= 0.3 is 0 Å². The first kappa shape index (κ1) is 17.5. The van der Waals surface area contributed by atoms with E-state index in [4.69, 9.17) is 9.26 Å². The highest BCUT2D eigenvalue weighted by Crippen LogP contribution is 2.32. The van der Waals surface area contributed by atoms with E-state index in [0.29, 0.717) is 31.3 Å². The molecule has 1 amide bonds. The zero-order valence-corrected chi connectivity index (χ0v) is 16.0. The van der Waals surface area contributed by atoms with Crippen LogP contribution in [0.15, 0.2) is 59.3 Å². The molecule has 1 unspecified atom stereocenters. The Labute approximate surface area is 167 Å². The van der Waals surface area contributed by atoms with Gasteiger partial charge in [0.05, 0.1) is 6.61 Å². The lowest BCUT2D eigenvalue weighted by atomic mass is 10.1. The van der Waals surface area contributed by atoms with Gasteiger partial charge in [-0.1, -0.05) is 11.2 Å². The van der Waals surface area contributed by atoms with E-state index in [0.717, 1.165) is 27.9 Å². The van der Waals surface area contributed by atoms with Gasteiger partial charge in [-0.2, -0.15) is 4.98 Å². The van der Waals surface area contributed by atoms with Crippen LogP contribution in [0.4, 0.5) is 5.69 Å². The molecule has 146 valence electrons. The second-order valence-corrected chi connectivity index (χ2v) is 7.07. The molecule has 0 aliphatic carbocycles. The number of anilines is 1. The Morgan fingerprint density at radius 2 is 2.07 bits per heavy atom. The normalized spacial score (nSPS) is 16.7. The van der Waals surface area contributed by atoms with E-state index < -0.39 is 0 Å². The maximum absolute atomic E-state index is 12.6. The third kappa shape index (κ3) is 3.24. The molecule has 5 rings (SSSR count). The van der Waals surface area contributed by atoms with Crippen LogP contribution in [0.3, 0.4) is 0 Å². The van der Waals surface area contributed by atoms with Crippen LogP contribution in [0.1, 0.15) is 25.1 Å². The number of aromatic nitrogens is 3. The van der Waals surface area contributed by atoms with Gasteiger partial charge in [-0.25, -0.2) is 0 Å². The third-order valence-electron chi connectivity index (χ3n) is 5.19. The van der Waals surface area contributed by atoms with Gasteiger partial charge in [0.1, 0.15) is 5.75 Å². The number of ether oxygens (including phenoxy) is 1. The molecule has 0 saturated carbocycles. The van der Waals surface area contributed by atoms with Crippen molar-refractivity contribution >= 4 is 22.5 Å². The van der Waals surface area contributed by atoms with E-state index in [1.54, 1.807) is 4.90 Å². The van der Waals surface area contributed by atoms with Crippen LogP contribution in [-0.4, -0.2) is 34.2 Å². The van der Waals surface area contributed by atoms with E-state index in [2.05, 4.69) is 15.1 Å². The average molecular weight is 388 g/mol. The molecule has 1 aliphatic rings. The summed E-state index contributed by atoms with van der Waals surface area (Å²) in [7, 11) is 0. The number of fused-ring (bicyclic) bond motifs is 1. The highest BCUT2D eigenvalue weighted by Gasteiger charge is 2.34. The van der Waals surface area contributed by atoms with Crippen LogP contribution in [0.25, 0.3) is 22.4 Å². The lowest BCUT2D eigenvalue weighted by Crippen LogP contribution is -2.24. The van der Waals surface area contributed by atoms with E-state index >= 15 is 0 Å². The minimum atomic E-state index is -0.0965. The predicted octanol–water partition coefficient (Wildman–Crippen LogP) is 4.14. The van der Waals surface area contributed by atoms with Crippen LogP contribution in [0.2, 0.25) is 0 Å². The Morgan fingerprint density at radius 1 is 1.21 bits per heavy atom. The van der Waals surface area contributed by atoms with Gasteiger partial charge in [-0.3, -0.25) is 4.79 Å². The van der Waals surface area contributed by atoms with Crippen molar-refractivity contribution in [2.75, 3.05) is 18.1 Å². The molecule has 2 aromatic carbocycles. The van der Waals surface area contributed by atoms with Crippen LogP contribution in [-0.2, 0) is 4.79 Å². The fourth-order valence-corrected chi connectivity index (χ4v) is 3.72. The Kier molecular flexibility index (Phi) is 4.27. The molecular formula is C22H20N4O3. The van der Waals surface area contributed by atoms with E-state index in [1.807, 2.05) is 61.7 Å². The Bertz CT molecular complexity index is 1160. The van der Waals surface area contributed by atoms with Gasteiger partial charge in [0, 0.05) is 41.8 Å². The number of nitrogens with one attached hydrogen (secondary N) is 1. The molecule has 3 heterocycles. The Morgan fingerprint density at radius 3 is 2.90 bits per heavy atom. The van der Waals surface area contributed by atoms with Crippen molar-refractivity contribution in [2.45, 2.75) is 19.3 Å². The van der Waals surface area contributed by atoms with Gasteiger partial charge in [0.2, 0.25) is 5.91 Å². The topological polar surface area (TPSA) is 84.2 Å². The number of H-pyrrole nitrogens is 1. The number of carbonyl (C=O) groups is 1. The highest BCUT2D eigenvalue weighted by atomic mass is 16.5. The summed E-state index contributed by atoms with van der Waals surface area (Å²) in [6.07, 6.45) is 2.26. The number of amides is 1. The van der Waals surface area contributed by atoms with Crippen LogP contribution >= 0.6 is 0 Å². The largest absolute Gasteiger partial charge is 0.494 e. The van der Waals surface area contributed by atoms with Crippen LogP contribution < -0.4 is 9.64 Å². The summed E-state index contributed by atoms with van der Waals surface area (Å²) in [4.78, 5) is 22.1. The Balaban J connectivity index is 1.35. The molecule has 1 atom stereocenters. The SMILES string of the molecule is CCOc1ccc(N2CC(c3noc(-c4ccc5cc[nH]c5c4)n3)CC2=O)cc1. The number of hydrogen-bond donors (Lipinski definition) is 1. The zero-order chi connectivity index (χ0) is 19.8. The highest BCUT2D eigenvalue weighted by molar-refractivity contribution is 5.96. The number of nitrogens with zero attached hydrogens (tertiary/aromatic N) is 3. The minimum absolute atomic E-state index is 0.0540. The summed E-state index contributed by atoms with van der Waals surface area (Å²) in [5.41, 5.74) is 2.72. The van der Waals surface area contributed by atoms with Crippen molar-refractivity contribution in [3.8, 4) is 17.2 Å². The van der Waals surface area contributed by atoms with Gasteiger partial charge in [-0.05, 0) is 54.8 Å². The maximum atomic E-state index is 12.6. The molecule has 1 aliphatic heterocycles. The molecule has 2 aromatic heterocycles. The summed E-state index contributed by atoms with van der Waals surface area (Å²) in [5.74, 6) is 1.78. The maximum Gasteiger partial charge on any atom is 0.258 e. The summed E-state index contributed by atoms with van der Waals surface area (Å²) in [6.45, 7) is 3.08. The van der Waals surface area contributed by atoms with Crippen LogP contribution in [0.5, 0.6) is 5.75 Å². The molecular weight excluding hydrogens is 368 g/mol. The summed E-state index contributed by atoms with van der Waals surface area (Å²) in [6, 6.07) is 15.5. The lowest BCUT2D eigenvalue weighted by molar-refractivity contribution is -0.117. The lowest BCUT2D eigenvalue weighted by Gasteiger charge is -2.16. The van der Waals surface area contributed by atoms with Crippen LogP contribution in [0, 0.1) is 0 Å². The van der Waals surface area contributed by atoms with E-state index in [-0.39, 0.29) is 11.8 Å². The molecule has 7 nitrogen and oxygen atoms in total. The van der Waals surface area contributed by atoms with Gasteiger partial charge in [0.15, 0.2) is 5.82 Å². The fourth-order valence-electron chi connectivity index (χ4n) is 3.72. The number of carbonyl (C=O) groups excluding carboxylic acids is 1. The first-order chi connectivity index (χ1) is 14.2. The number of rotatable bonds is 5. The minimum Gasteiger partial charge on any atom is -0.494 e. The Hall–Kier alpha value is -3.61. The fraction of sp³-hybridized carbons (Fsp3) is 0.227. The third-order valence-corrected chi connectivity index (χ3v) is 5.19. The molecule has 1 fully saturated rings. The van der Waals surface area contributed by atoms with Crippen molar-refractivity contribution in [1.82, 2.24) is 15.1 Å². The van der Waals surface area contributed by atoms with Gasteiger partial charge in [-0.15, -0.1) is 0 Å². The quantitative estimate of drug-likeness (QED) is 0.555. The second kappa shape index (κ2) is 7.09. The summed E-state index contributed by atoms with van der Waals surface area (Å²) >= 11 is 0. The number of benzene rings is 2. The van der Waals surface area contributed by atoms with Crippen molar-refractivity contribution in [3.05, 3.63) is 60.6 Å². The molecule has 7 heteroatoms. The van der Waals surface area contributed by atoms with Crippen molar-refractivity contribution < 1.29 is 14.1 Å². The zero-order valence-electron chi connectivity index (χ0n) is 16.0. The van der Waals surface area contributed by atoms with Gasteiger partial charge in [0.25, 0.3) is 5.89 Å². The molecule has 1 N–H and O–H groups in total. The second-order valence-electron chi connectivity index (χ2n) is 7.07. The van der Waals surface area contributed by atoms with E-state index in [9.17, 15) is 4.79 Å². The monoisotopic (exact) mass is 388 g/mol. The molecule has 0 radical (unpaired) electrons. The van der Waals surface area contributed by atoms with Crippen molar-refractivity contribution in [2.24, 2.45) is 0 Å². The number of hydrogen-bond acceptors (Lipinski definition) is 5. The average Bonchev–Trinajstić information content (AvgIpc) is 3.47. The van der Waals surface area contributed by atoms with Gasteiger partial charge < -0.3 is 19.1 Å². The van der Waals surface area contributed by atoms with Crippen molar-refractivity contribution in [1.29, 1.82) is 0 Å². The molecule has 4 aromatic rings. The number of aromatic amines is 1. The van der Waals surface area contributed by atoms with Crippen molar-refractivity contribution in [3.63, 3.8) is 0 Å². The smallest absolute Gasteiger partial charge is 0.258 e. The molecule has 1 saturated heterocycles. The summed E-state index contributed by atoms with van der Waals surface area (Å²) < 4.78 is 11.0. The standard InChI is InChI=1S/C22H20N4O3/c1-2-28-18-7-5-17(6-8-18)26-13-16(12-20(26)27)21-24-22(29-25-21)15-4-3-14-9-10-23-19(14)11-15/h3-11,16,23H,2,12-13H2,1H3. The molecule has 0 spiro atoms. The molecule has 0 bridgehead atoms. The first-order valence-electron chi connectivity index (χ1n) is 9.65.